The van der Waals surface area contributed by atoms with E-state index < -0.39 is 16.3 Å². The lowest BCUT2D eigenvalue weighted by molar-refractivity contribution is -0.384. The van der Waals surface area contributed by atoms with Crippen LogP contribution >= 0.6 is 0 Å². The molecule has 19 heavy (non-hydrogen) atoms. The molecule has 106 valence electrons. The Bertz CT molecular complexity index is 464. The molecule has 1 aromatic carbocycles. The van der Waals surface area contributed by atoms with E-state index in [9.17, 15) is 19.6 Å². The molecule has 0 aromatic heterocycles. The van der Waals surface area contributed by atoms with Gasteiger partial charge in [-0.2, -0.15) is 0 Å². The number of nitro benzene ring substituents is 1. The van der Waals surface area contributed by atoms with Gasteiger partial charge in [0.15, 0.2) is 0 Å². The molecule has 0 spiro atoms. The third kappa shape index (κ3) is 4.80. The predicted octanol–water partition coefficient (Wildman–Crippen LogP) is 1.46. The highest BCUT2D eigenvalue weighted by Crippen LogP contribution is 2.25. The lowest BCUT2D eigenvalue weighted by Crippen LogP contribution is -2.43. The molecule has 0 bridgehead atoms. The van der Waals surface area contributed by atoms with Gasteiger partial charge in [-0.1, -0.05) is 0 Å². The van der Waals surface area contributed by atoms with Crippen LogP contribution in [-0.2, 0) is 0 Å². The average molecular weight is 271 g/mol. The van der Waals surface area contributed by atoms with Crippen molar-refractivity contribution in [3.05, 3.63) is 34.1 Å². The molecule has 1 unspecified atom stereocenters. The molecule has 6 nitrogen and oxygen atoms in total. The van der Waals surface area contributed by atoms with E-state index in [0.29, 0.717) is 6.54 Å². The van der Waals surface area contributed by atoms with E-state index in [1.807, 2.05) is 0 Å². The van der Waals surface area contributed by atoms with Gasteiger partial charge < -0.3 is 15.3 Å². The summed E-state index contributed by atoms with van der Waals surface area (Å²) in [4.78, 5) is 12.0. The van der Waals surface area contributed by atoms with E-state index in [4.69, 9.17) is 0 Å². The lowest BCUT2D eigenvalue weighted by Gasteiger charge is -2.27. The van der Waals surface area contributed by atoms with Crippen molar-refractivity contribution in [3.63, 3.8) is 0 Å². The van der Waals surface area contributed by atoms with Crippen LogP contribution in [0.2, 0.25) is 0 Å². The van der Waals surface area contributed by atoms with Crippen molar-refractivity contribution >= 4 is 11.4 Å². The molecule has 7 heteroatoms. The van der Waals surface area contributed by atoms with Crippen molar-refractivity contribution in [1.82, 2.24) is 4.90 Å². The highest BCUT2D eigenvalue weighted by atomic mass is 19.1. The minimum Gasteiger partial charge on any atom is -0.387 e. The van der Waals surface area contributed by atoms with Crippen LogP contribution in [0.5, 0.6) is 0 Å². The maximum absolute atomic E-state index is 13.1. The zero-order valence-corrected chi connectivity index (χ0v) is 11.2. The molecule has 0 aliphatic rings. The van der Waals surface area contributed by atoms with Gasteiger partial charge in [0, 0.05) is 25.2 Å². The topological polar surface area (TPSA) is 78.6 Å². The molecular weight excluding hydrogens is 253 g/mol. The summed E-state index contributed by atoms with van der Waals surface area (Å²) < 4.78 is 13.1. The fourth-order valence-corrected chi connectivity index (χ4v) is 1.83. The second-order valence-corrected chi connectivity index (χ2v) is 5.01. The van der Waals surface area contributed by atoms with Gasteiger partial charge in [0.1, 0.15) is 11.5 Å². The van der Waals surface area contributed by atoms with Gasteiger partial charge in [-0.3, -0.25) is 10.1 Å². The number of rotatable bonds is 6. The average Bonchev–Trinajstić information content (AvgIpc) is 2.24. The molecule has 0 fully saturated rings. The monoisotopic (exact) mass is 271 g/mol. The third-order valence-electron chi connectivity index (χ3n) is 2.47. The van der Waals surface area contributed by atoms with Crippen molar-refractivity contribution in [3.8, 4) is 0 Å². The zero-order valence-electron chi connectivity index (χ0n) is 11.2. The molecule has 0 aliphatic heterocycles. The Balaban J connectivity index is 2.82. The van der Waals surface area contributed by atoms with Gasteiger partial charge in [0.2, 0.25) is 0 Å². The summed E-state index contributed by atoms with van der Waals surface area (Å²) in [6.07, 6.45) is 0. The zero-order chi connectivity index (χ0) is 14.6. The normalized spacial score (nSPS) is 14.2. The van der Waals surface area contributed by atoms with Gasteiger partial charge in [-0.15, -0.1) is 0 Å². The van der Waals surface area contributed by atoms with Crippen molar-refractivity contribution < 1.29 is 14.4 Å². The van der Waals surface area contributed by atoms with Crippen LogP contribution in [0.3, 0.4) is 0 Å². The quantitative estimate of drug-likeness (QED) is 0.605. The van der Waals surface area contributed by atoms with Crippen molar-refractivity contribution in [2.24, 2.45) is 0 Å². The molecule has 0 radical (unpaired) electrons. The number of nitrogens with one attached hydrogen (secondary N) is 1. The highest BCUT2D eigenvalue weighted by molar-refractivity contribution is 5.61. The summed E-state index contributed by atoms with van der Waals surface area (Å²) in [5, 5.41) is 23.6. The van der Waals surface area contributed by atoms with Gasteiger partial charge >= 0.3 is 0 Å². The number of hydrogen-bond acceptors (Lipinski definition) is 5. The Morgan fingerprint density at radius 1 is 1.53 bits per heavy atom. The van der Waals surface area contributed by atoms with E-state index in [1.54, 1.807) is 25.9 Å². The van der Waals surface area contributed by atoms with E-state index in [1.165, 1.54) is 0 Å². The second-order valence-electron chi connectivity index (χ2n) is 5.01. The first kappa shape index (κ1) is 15.3. The van der Waals surface area contributed by atoms with Crippen LogP contribution in [0.4, 0.5) is 15.8 Å². The number of nitro groups is 1. The molecule has 1 rings (SSSR count). The van der Waals surface area contributed by atoms with E-state index in [-0.39, 0.29) is 17.9 Å². The van der Waals surface area contributed by atoms with Crippen molar-refractivity contribution in [2.45, 2.75) is 12.5 Å². The lowest BCUT2D eigenvalue weighted by atomic mass is 10.1. The largest absolute Gasteiger partial charge is 0.387 e. The Labute approximate surface area is 111 Å². The van der Waals surface area contributed by atoms with Crippen LogP contribution in [0.15, 0.2) is 18.2 Å². The van der Waals surface area contributed by atoms with Crippen LogP contribution in [-0.4, -0.2) is 47.7 Å². The van der Waals surface area contributed by atoms with E-state index in [2.05, 4.69) is 5.32 Å². The molecule has 0 amide bonds. The fourth-order valence-electron chi connectivity index (χ4n) is 1.83. The van der Waals surface area contributed by atoms with Crippen LogP contribution in [0.1, 0.15) is 6.92 Å². The first-order chi connectivity index (χ1) is 8.71. The Morgan fingerprint density at radius 2 is 2.16 bits per heavy atom. The number of aliphatic hydroxyl groups is 1. The smallest absolute Gasteiger partial charge is 0.292 e. The van der Waals surface area contributed by atoms with Gasteiger partial charge in [-0.25, -0.2) is 4.39 Å². The predicted molar refractivity (Wildman–Crippen MR) is 70.7 cm³/mol. The second kappa shape index (κ2) is 5.94. The molecule has 1 aromatic rings. The Hall–Kier alpha value is -1.73. The van der Waals surface area contributed by atoms with Crippen LogP contribution in [0, 0.1) is 15.9 Å². The van der Waals surface area contributed by atoms with Crippen molar-refractivity contribution in [2.75, 3.05) is 32.5 Å². The molecule has 1 atom stereocenters. The van der Waals surface area contributed by atoms with Crippen LogP contribution < -0.4 is 5.32 Å². The Kier molecular flexibility index (Phi) is 4.79. The Morgan fingerprint density at radius 3 is 2.68 bits per heavy atom. The summed E-state index contributed by atoms with van der Waals surface area (Å²) in [5.74, 6) is -0.569. The molecule has 0 aliphatic carbocycles. The molecular formula is C12H18FN3O3. The summed E-state index contributed by atoms with van der Waals surface area (Å²) in [6.45, 7) is 2.06. The number of nitrogens with zero attached hydrogens (tertiary/aromatic N) is 2. The third-order valence-corrected chi connectivity index (χ3v) is 2.47. The van der Waals surface area contributed by atoms with E-state index >= 15 is 0 Å². The highest BCUT2D eigenvalue weighted by Gasteiger charge is 2.23. The van der Waals surface area contributed by atoms with Crippen LogP contribution in [0.25, 0.3) is 0 Å². The summed E-state index contributed by atoms with van der Waals surface area (Å²) >= 11 is 0. The van der Waals surface area contributed by atoms with Gasteiger partial charge in [-0.05, 0) is 27.1 Å². The molecule has 0 heterocycles. The fraction of sp³-hybridized carbons (Fsp3) is 0.500. The minimum absolute atomic E-state index is 0.0593. The number of halogens is 1. The van der Waals surface area contributed by atoms with Gasteiger partial charge in [0.05, 0.1) is 10.5 Å². The number of hydrogen-bond donors (Lipinski definition) is 2. The maximum Gasteiger partial charge on any atom is 0.292 e. The minimum atomic E-state index is -1.08. The summed E-state index contributed by atoms with van der Waals surface area (Å²) in [6, 6.07) is 3.17. The van der Waals surface area contributed by atoms with E-state index in [0.717, 1.165) is 18.2 Å². The van der Waals surface area contributed by atoms with Gasteiger partial charge in [0.25, 0.3) is 5.69 Å². The number of benzene rings is 1. The number of likely N-dealkylation sites (N-methyl/N-ethyl adjacent to an activating group) is 1. The first-order valence-corrected chi connectivity index (χ1v) is 5.76. The standard InChI is InChI=1S/C12H18FN3O3/c1-12(17,8-15(2)3)7-14-10-6-9(13)4-5-11(10)16(18)19/h4-6,14,17H,7-8H2,1-3H3. The SMILES string of the molecule is CN(C)CC(C)(O)CNc1cc(F)ccc1[N+](=O)[O-]. The summed E-state index contributed by atoms with van der Waals surface area (Å²) in [7, 11) is 3.61. The molecule has 0 saturated carbocycles. The number of anilines is 1. The summed E-state index contributed by atoms with van der Waals surface area (Å²) in [5.41, 5.74) is -1.24. The maximum atomic E-state index is 13.1. The molecule has 2 N–H and O–H groups in total. The molecule has 0 saturated heterocycles. The first-order valence-electron chi connectivity index (χ1n) is 5.76. The van der Waals surface area contributed by atoms with Crippen molar-refractivity contribution in [1.29, 1.82) is 0 Å².